The number of hydrogen-bond acceptors (Lipinski definition) is 6. The molecule has 0 fully saturated rings. The lowest BCUT2D eigenvalue weighted by molar-refractivity contribution is -0.110. The van der Waals surface area contributed by atoms with Crippen LogP contribution in [0.15, 0.2) is 10.2 Å². The lowest BCUT2D eigenvalue weighted by Crippen LogP contribution is -2.17. The van der Waals surface area contributed by atoms with Gasteiger partial charge in [0.15, 0.2) is 10.2 Å². The van der Waals surface area contributed by atoms with Gasteiger partial charge in [-0.1, -0.05) is 23.5 Å². The second-order valence-electron chi connectivity index (χ2n) is 4.28. The first kappa shape index (κ1) is 15.6. The Hall–Kier alpha value is -0.360. The number of carbonyl (C=O) groups excluding carboxylic acids is 2. The maximum absolute atomic E-state index is 11.0. The van der Waals surface area contributed by atoms with Crippen molar-refractivity contribution < 1.29 is 9.59 Å². The van der Waals surface area contributed by atoms with Crippen LogP contribution in [0, 0.1) is 0 Å². The Bertz CT molecular complexity index is 282. The molecule has 0 spiro atoms. The van der Waals surface area contributed by atoms with Crippen molar-refractivity contribution in [3.05, 3.63) is 0 Å². The summed E-state index contributed by atoms with van der Waals surface area (Å²) in [7, 11) is 0. The van der Waals surface area contributed by atoms with E-state index in [2.05, 4.69) is 10.2 Å². The molecule has 92 valence electrons. The zero-order valence-electron chi connectivity index (χ0n) is 10.5. The fourth-order valence-electron chi connectivity index (χ4n) is 0.985. The second kappa shape index (κ2) is 5.82. The fraction of sp³-hybridized carbons (Fsp3) is 0.800. The Morgan fingerprint density at radius 3 is 1.25 bits per heavy atom. The molecule has 0 unspecified atom stereocenters. The summed E-state index contributed by atoms with van der Waals surface area (Å²) in [6.45, 7) is 10.3. The highest BCUT2D eigenvalue weighted by atomic mass is 32.2. The molecule has 0 aromatic heterocycles. The monoisotopic (exact) mass is 262 g/mol. The first-order valence-corrected chi connectivity index (χ1v) is 6.50. The zero-order chi connectivity index (χ0) is 13.0. The molecule has 0 saturated heterocycles. The molecular weight excluding hydrogens is 244 g/mol. The second-order valence-corrected chi connectivity index (χ2v) is 7.84. The van der Waals surface area contributed by atoms with Gasteiger partial charge in [0.05, 0.1) is 0 Å². The molecule has 0 radical (unpaired) electrons. The molecule has 0 saturated carbocycles. The van der Waals surface area contributed by atoms with Crippen molar-refractivity contribution in [2.75, 3.05) is 0 Å². The number of carbonyl (C=O) groups is 2. The van der Waals surface area contributed by atoms with Crippen LogP contribution in [0.3, 0.4) is 0 Å². The highest BCUT2D eigenvalue weighted by Crippen LogP contribution is 2.32. The minimum atomic E-state index is -0.583. The molecule has 0 aromatic carbocycles. The van der Waals surface area contributed by atoms with Crippen LogP contribution < -0.4 is 0 Å². The van der Waals surface area contributed by atoms with Crippen LogP contribution in [-0.2, 0) is 9.59 Å². The van der Waals surface area contributed by atoms with E-state index in [1.54, 1.807) is 0 Å². The van der Waals surface area contributed by atoms with E-state index >= 15 is 0 Å². The van der Waals surface area contributed by atoms with Gasteiger partial charge in [-0.15, -0.1) is 0 Å². The summed E-state index contributed by atoms with van der Waals surface area (Å²) in [4.78, 5) is 20.8. The third-order valence-electron chi connectivity index (χ3n) is 1.32. The molecular formula is C10H18N2O2S2. The van der Waals surface area contributed by atoms with Crippen LogP contribution in [0.25, 0.3) is 0 Å². The van der Waals surface area contributed by atoms with E-state index in [-0.39, 0.29) is 10.2 Å². The zero-order valence-corrected chi connectivity index (χ0v) is 12.2. The molecule has 16 heavy (non-hydrogen) atoms. The summed E-state index contributed by atoms with van der Waals surface area (Å²) in [5, 5.41) is 8.23. The molecule has 0 aromatic rings. The molecule has 0 aliphatic carbocycles. The summed E-state index contributed by atoms with van der Waals surface area (Å²) < 4.78 is 0. The van der Waals surface area contributed by atoms with Gasteiger partial charge in [-0.25, -0.2) is 0 Å². The highest BCUT2D eigenvalue weighted by Gasteiger charge is 2.24. The van der Waals surface area contributed by atoms with Crippen LogP contribution in [0.2, 0.25) is 0 Å². The summed E-state index contributed by atoms with van der Waals surface area (Å²) in [5.41, 5.74) is 0. The minimum absolute atomic E-state index is 0.000905. The van der Waals surface area contributed by atoms with Gasteiger partial charge >= 0.3 is 0 Å². The molecule has 0 atom stereocenters. The molecule has 0 heterocycles. The number of hydrogen-bond donors (Lipinski definition) is 0. The summed E-state index contributed by atoms with van der Waals surface area (Å²) in [6.07, 6.45) is 0. The molecule has 0 aliphatic heterocycles. The van der Waals surface area contributed by atoms with E-state index in [4.69, 9.17) is 0 Å². The summed E-state index contributed by atoms with van der Waals surface area (Å²) in [5.74, 6) is 0. The molecule has 0 bridgehead atoms. The minimum Gasteiger partial charge on any atom is -0.287 e. The van der Waals surface area contributed by atoms with Crippen molar-refractivity contribution in [2.24, 2.45) is 10.2 Å². The summed E-state index contributed by atoms with van der Waals surface area (Å²) in [6, 6.07) is 0. The highest BCUT2D eigenvalue weighted by molar-refractivity contribution is 8.15. The van der Waals surface area contributed by atoms with Crippen molar-refractivity contribution in [1.29, 1.82) is 0 Å². The smallest absolute Gasteiger partial charge is 0.188 e. The third-order valence-corrected chi connectivity index (χ3v) is 3.06. The van der Waals surface area contributed by atoms with Gasteiger partial charge in [0.2, 0.25) is 0 Å². The van der Waals surface area contributed by atoms with Crippen molar-refractivity contribution >= 4 is 33.8 Å². The molecule has 0 aliphatic rings. The van der Waals surface area contributed by atoms with Crippen molar-refractivity contribution in [3.63, 3.8) is 0 Å². The van der Waals surface area contributed by atoms with E-state index in [1.807, 2.05) is 27.7 Å². The Balaban J connectivity index is 4.56. The predicted octanol–water partition coefficient (Wildman–Crippen LogP) is 3.47. The average molecular weight is 262 g/mol. The molecule has 6 heteroatoms. The Kier molecular flexibility index (Phi) is 5.69. The maximum Gasteiger partial charge on any atom is 0.188 e. The van der Waals surface area contributed by atoms with E-state index in [1.165, 1.54) is 13.8 Å². The topological polar surface area (TPSA) is 58.9 Å². The molecule has 0 amide bonds. The number of azo groups is 1. The van der Waals surface area contributed by atoms with Gasteiger partial charge in [0.1, 0.15) is 9.74 Å². The van der Waals surface area contributed by atoms with Crippen molar-refractivity contribution in [1.82, 2.24) is 0 Å². The van der Waals surface area contributed by atoms with E-state index in [9.17, 15) is 9.59 Å². The van der Waals surface area contributed by atoms with Gasteiger partial charge in [0, 0.05) is 13.8 Å². The standard InChI is InChI=1S/C10H18N2O2S2/c1-7(13)15-9(3,4)11-12-10(5,6)16-8(2)14/h1-6H3/b12-11+. The van der Waals surface area contributed by atoms with Gasteiger partial charge < -0.3 is 0 Å². The maximum atomic E-state index is 11.0. The van der Waals surface area contributed by atoms with Gasteiger partial charge in [-0.2, -0.15) is 10.2 Å². The van der Waals surface area contributed by atoms with E-state index < -0.39 is 9.74 Å². The fourth-order valence-corrected chi connectivity index (χ4v) is 2.56. The predicted molar refractivity (Wildman–Crippen MR) is 69.6 cm³/mol. The number of rotatable bonds is 4. The van der Waals surface area contributed by atoms with Gasteiger partial charge in [-0.3, -0.25) is 9.59 Å². The van der Waals surface area contributed by atoms with Crippen molar-refractivity contribution in [2.45, 2.75) is 51.3 Å². The van der Waals surface area contributed by atoms with Crippen LogP contribution in [0.5, 0.6) is 0 Å². The SMILES string of the molecule is CC(=O)SC(C)(C)/N=N/C(C)(C)SC(C)=O. The average Bonchev–Trinajstić information content (AvgIpc) is 1.96. The molecule has 4 nitrogen and oxygen atoms in total. The molecule has 0 N–H and O–H groups in total. The lowest BCUT2D eigenvalue weighted by atomic mass is 10.4. The van der Waals surface area contributed by atoms with Crippen LogP contribution in [0.1, 0.15) is 41.5 Å². The van der Waals surface area contributed by atoms with Crippen LogP contribution in [-0.4, -0.2) is 20.0 Å². The van der Waals surface area contributed by atoms with Crippen LogP contribution in [0.4, 0.5) is 0 Å². The first-order chi connectivity index (χ1) is 7.04. The molecule has 0 rings (SSSR count). The Morgan fingerprint density at radius 2 is 1.06 bits per heavy atom. The van der Waals surface area contributed by atoms with Crippen molar-refractivity contribution in [3.8, 4) is 0 Å². The van der Waals surface area contributed by atoms with E-state index in [0.29, 0.717) is 0 Å². The van der Waals surface area contributed by atoms with E-state index in [0.717, 1.165) is 23.5 Å². The first-order valence-electron chi connectivity index (χ1n) is 4.87. The van der Waals surface area contributed by atoms with Gasteiger partial charge in [0.25, 0.3) is 0 Å². The lowest BCUT2D eigenvalue weighted by Gasteiger charge is -2.20. The number of thioether (sulfide) groups is 2. The third kappa shape index (κ3) is 7.87. The van der Waals surface area contributed by atoms with Crippen LogP contribution >= 0.6 is 23.5 Å². The Morgan fingerprint density at radius 1 is 0.812 bits per heavy atom. The number of nitrogens with zero attached hydrogens (tertiary/aromatic N) is 2. The largest absolute Gasteiger partial charge is 0.287 e. The normalized spacial score (nSPS) is 13.1. The van der Waals surface area contributed by atoms with Gasteiger partial charge in [-0.05, 0) is 27.7 Å². The Labute approximate surface area is 105 Å². The quantitative estimate of drug-likeness (QED) is 0.728. The summed E-state index contributed by atoms with van der Waals surface area (Å²) >= 11 is 2.25.